The molecule has 11 nitrogen and oxygen atoms in total. The molecule has 1 aliphatic rings. The second kappa shape index (κ2) is 15.1. The Morgan fingerprint density at radius 3 is 2.02 bits per heavy atom. The van der Waals surface area contributed by atoms with Crippen molar-refractivity contribution in [2.45, 2.75) is 78.1 Å². The quantitative estimate of drug-likeness (QED) is 0.285. The SMILES string of the molecule is CC(=O)SC(CCCN1C(=O)c2ccccc2C1=O)C(=O)N[C@@H](CC(C)C)C(=O)N[C@H](C(=O)Nc1ccccn1)C(C)(C)C. The number of imide groups is 1. The summed E-state index contributed by atoms with van der Waals surface area (Å²) in [6.07, 6.45) is 2.31. The predicted octanol–water partition coefficient (Wildman–Crippen LogP) is 3.81. The number of hydrogen-bond donors (Lipinski definition) is 3. The Balaban J connectivity index is 1.69. The van der Waals surface area contributed by atoms with Crippen molar-refractivity contribution in [3.63, 3.8) is 0 Å². The van der Waals surface area contributed by atoms with Crippen molar-refractivity contribution in [3.8, 4) is 0 Å². The molecule has 1 unspecified atom stereocenters. The van der Waals surface area contributed by atoms with Gasteiger partial charge >= 0.3 is 0 Å². The van der Waals surface area contributed by atoms with Crippen LogP contribution in [0.1, 0.15) is 81.5 Å². The summed E-state index contributed by atoms with van der Waals surface area (Å²) >= 11 is 0.834. The molecule has 0 fully saturated rings. The number of thioether (sulfide) groups is 1. The van der Waals surface area contributed by atoms with E-state index in [1.807, 2.05) is 34.6 Å². The van der Waals surface area contributed by atoms with Crippen LogP contribution in [0.2, 0.25) is 0 Å². The maximum atomic E-state index is 13.6. The first kappa shape index (κ1) is 34.4. The number of fused-ring (bicyclic) bond motifs is 1. The lowest BCUT2D eigenvalue weighted by Gasteiger charge is -2.32. The fraction of sp³-hybridized carbons (Fsp3) is 0.469. The van der Waals surface area contributed by atoms with Crippen molar-refractivity contribution in [1.29, 1.82) is 0 Å². The Morgan fingerprint density at radius 2 is 1.50 bits per heavy atom. The zero-order chi connectivity index (χ0) is 32.6. The Kier molecular flexibility index (Phi) is 11.8. The first-order valence-corrected chi connectivity index (χ1v) is 15.5. The molecule has 0 saturated carbocycles. The normalized spacial score (nSPS) is 14.9. The molecule has 3 N–H and O–H groups in total. The Labute approximate surface area is 262 Å². The molecular formula is C32H41N5O6S. The number of amides is 5. The molecule has 0 spiro atoms. The van der Waals surface area contributed by atoms with Gasteiger partial charge in [-0.2, -0.15) is 0 Å². The second-order valence-electron chi connectivity index (χ2n) is 12.3. The van der Waals surface area contributed by atoms with Crippen molar-refractivity contribution >= 4 is 52.2 Å². The van der Waals surface area contributed by atoms with Gasteiger partial charge < -0.3 is 16.0 Å². The first-order valence-electron chi connectivity index (χ1n) is 14.6. The van der Waals surface area contributed by atoms with Crippen LogP contribution in [0.15, 0.2) is 48.7 Å². The minimum atomic E-state index is -0.971. The highest BCUT2D eigenvalue weighted by Gasteiger charge is 2.37. The number of hydrogen-bond acceptors (Lipinski definition) is 8. The monoisotopic (exact) mass is 623 g/mol. The molecule has 1 aromatic heterocycles. The summed E-state index contributed by atoms with van der Waals surface area (Å²) in [5.41, 5.74) is 0.0160. The lowest BCUT2D eigenvalue weighted by atomic mass is 9.85. The van der Waals surface area contributed by atoms with Gasteiger partial charge in [-0.05, 0) is 54.9 Å². The third kappa shape index (κ3) is 9.22. The van der Waals surface area contributed by atoms with Crippen LogP contribution in [-0.4, -0.2) is 68.4 Å². The summed E-state index contributed by atoms with van der Waals surface area (Å²) in [6, 6.07) is 9.77. The van der Waals surface area contributed by atoms with Crippen molar-refractivity contribution in [2.75, 3.05) is 11.9 Å². The van der Waals surface area contributed by atoms with Gasteiger partial charge in [0.2, 0.25) is 17.7 Å². The number of nitrogens with one attached hydrogen (secondary N) is 3. The van der Waals surface area contributed by atoms with E-state index in [2.05, 4.69) is 20.9 Å². The van der Waals surface area contributed by atoms with Gasteiger partial charge in [0, 0.05) is 19.7 Å². The standard InChI is InChI=1S/C32H41N5O6S/c1-19(2)18-23(27(39)36-26(32(4,5)6)29(41)35-25-15-9-10-16-33-25)34-28(40)24(44-20(3)38)14-11-17-37-30(42)21-12-7-8-13-22(21)31(37)43/h7-10,12-13,15-16,19,23-24,26H,11,14,17-18H2,1-6H3,(H,34,40)(H,36,39)(H,33,35,41)/t23-,24?,26+/m0/s1. The molecule has 3 rings (SSSR count). The highest BCUT2D eigenvalue weighted by molar-refractivity contribution is 8.14. The summed E-state index contributed by atoms with van der Waals surface area (Å²) < 4.78 is 0. The third-order valence-electron chi connectivity index (χ3n) is 7.00. The highest BCUT2D eigenvalue weighted by atomic mass is 32.2. The van der Waals surface area contributed by atoms with Crippen molar-refractivity contribution in [3.05, 3.63) is 59.8 Å². The van der Waals surface area contributed by atoms with Gasteiger partial charge in [-0.25, -0.2) is 4.98 Å². The summed E-state index contributed by atoms with van der Waals surface area (Å²) in [4.78, 5) is 83.0. The molecule has 236 valence electrons. The average molecular weight is 624 g/mol. The van der Waals surface area contributed by atoms with Gasteiger partial charge in [0.1, 0.15) is 17.9 Å². The molecular weight excluding hydrogens is 582 g/mol. The highest BCUT2D eigenvalue weighted by Crippen LogP contribution is 2.25. The molecule has 1 aromatic carbocycles. The lowest BCUT2D eigenvalue weighted by molar-refractivity contribution is -0.132. The van der Waals surface area contributed by atoms with Crippen LogP contribution in [0.25, 0.3) is 0 Å². The molecule has 0 aliphatic carbocycles. The largest absolute Gasteiger partial charge is 0.343 e. The maximum Gasteiger partial charge on any atom is 0.261 e. The van der Waals surface area contributed by atoms with Crippen LogP contribution >= 0.6 is 11.8 Å². The van der Waals surface area contributed by atoms with Gasteiger partial charge in [0.15, 0.2) is 5.12 Å². The van der Waals surface area contributed by atoms with E-state index in [-0.39, 0.29) is 42.2 Å². The van der Waals surface area contributed by atoms with E-state index < -0.39 is 40.5 Å². The van der Waals surface area contributed by atoms with Crippen molar-refractivity contribution < 1.29 is 28.8 Å². The summed E-state index contributed by atoms with van der Waals surface area (Å²) in [5.74, 6) is -1.90. The van der Waals surface area contributed by atoms with Crippen LogP contribution in [0, 0.1) is 11.3 Å². The minimum Gasteiger partial charge on any atom is -0.343 e. The summed E-state index contributed by atoms with van der Waals surface area (Å²) in [7, 11) is 0. The molecule has 12 heteroatoms. The Hall–Kier alpha value is -4.06. The average Bonchev–Trinajstić information content (AvgIpc) is 3.19. The van der Waals surface area contributed by atoms with Gasteiger partial charge in [0.05, 0.1) is 16.4 Å². The number of rotatable bonds is 13. The summed E-state index contributed by atoms with van der Waals surface area (Å²) in [5, 5.41) is 7.21. The number of nitrogens with zero attached hydrogens (tertiary/aromatic N) is 2. The van der Waals surface area contributed by atoms with Gasteiger partial charge in [-0.3, -0.25) is 33.7 Å². The fourth-order valence-electron chi connectivity index (χ4n) is 4.84. The molecule has 0 bridgehead atoms. The van der Waals surface area contributed by atoms with Gasteiger partial charge in [-0.1, -0.05) is 64.6 Å². The van der Waals surface area contributed by atoms with Crippen LogP contribution in [0.4, 0.5) is 5.82 Å². The topological polar surface area (TPSA) is 155 Å². The Morgan fingerprint density at radius 1 is 0.886 bits per heavy atom. The maximum absolute atomic E-state index is 13.6. The molecule has 0 radical (unpaired) electrons. The van der Waals surface area contributed by atoms with Crippen LogP contribution in [0.5, 0.6) is 0 Å². The number of carbonyl (C=O) groups excluding carboxylic acids is 6. The molecule has 5 amide bonds. The van der Waals surface area contributed by atoms with Gasteiger partial charge in [0.25, 0.3) is 11.8 Å². The third-order valence-corrected chi connectivity index (χ3v) is 8.06. The zero-order valence-electron chi connectivity index (χ0n) is 26.0. The van der Waals surface area contributed by atoms with E-state index in [9.17, 15) is 28.8 Å². The lowest BCUT2D eigenvalue weighted by Crippen LogP contribution is -2.57. The number of carbonyl (C=O) groups is 6. The van der Waals surface area contributed by atoms with Gasteiger partial charge in [-0.15, -0.1) is 0 Å². The number of benzene rings is 1. The van der Waals surface area contributed by atoms with Crippen molar-refractivity contribution in [1.82, 2.24) is 20.5 Å². The van der Waals surface area contributed by atoms with E-state index in [4.69, 9.17) is 0 Å². The smallest absolute Gasteiger partial charge is 0.261 e. The van der Waals surface area contributed by atoms with E-state index >= 15 is 0 Å². The summed E-state index contributed by atoms with van der Waals surface area (Å²) in [6.45, 7) is 10.7. The van der Waals surface area contributed by atoms with Crippen LogP contribution in [-0.2, 0) is 19.2 Å². The van der Waals surface area contributed by atoms with E-state index in [0.29, 0.717) is 23.4 Å². The second-order valence-corrected chi connectivity index (χ2v) is 13.6. The first-order chi connectivity index (χ1) is 20.7. The molecule has 0 saturated heterocycles. The molecule has 3 atom stereocenters. The minimum absolute atomic E-state index is 0.0224. The van der Waals surface area contributed by atoms with E-state index in [0.717, 1.165) is 16.7 Å². The van der Waals surface area contributed by atoms with E-state index in [1.165, 1.54) is 6.92 Å². The molecule has 44 heavy (non-hydrogen) atoms. The van der Waals surface area contributed by atoms with E-state index in [1.54, 1.807) is 48.7 Å². The number of aromatic nitrogens is 1. The zero-order valence-corrected chi connectivity index (χ0v) is 26.8. The predicted molar refractivity (Wildman–Crippen MR) is 169 cm³/mol. The number of anilines is 1. The molecule has 2 aromatic rings. The van der Waals surface area contributed by atoms with Crippen molar-refractivity contribution in [2.24, 2.45) is 11.3 Å². The Bertz CT molecular complexity index is 1360. The molecule has 2 heterocycles. The molecule has 1 aliphatic heterocycles. The number of pyridine rings is 1. The van der Waals surface area contributed by atoms with Crippen LogP contribution in [0.3, 0.4) is 0 Å². The fourth-order valence-corrected chi connectivity index (χ4v) is 5.70. The van der Waals surface area contributed by atoms with Crippen LogP contribution < -0.4 is 16.0 Å².